The normalized spacial score (nSPS) is 10.3. The van der Waals surface area contributed by atoms with E-state index in [2.05, 4.69) is 21.2 Å². The van der Waals surface area contributed by atoms with Crippen LogP contribution >= 0.6 is 27.5 Å². The largest absolute Gasteiger partial charge is 0.493 e. The third-order valence-corrected chi connectivity index (χ3v) is 4.16. The highest BCUT2D eigenvalue weighted by Crippen LogP contribution is 2.29. The highest BCUT2D eigenvalue weighted by molar-refractivity contribution is 9.10. The molecule has 3 nitrogen and oxygen atoms in total. The molecule has 0 saturated heterocycles. The van der Waals surface area contributed by atoms with Gasteiger partial charge in [0.05, 0.1) is 18.7 Å². The van der Waals surface area contributed by atoms with Crippen LogP contribution in [-0.4, -0.2) is 13.7 Å². The van der Waals surface area contributed by atoms with Crippen LogP contribution in [0.2, 0.25) is 5.02 Å². The maximum Gasteiger partial charge on any atom is 0.161 e. The Morgan fingerprint density at radius 1 is 1.14 bits per heavy atom. The zero-order chi connectivity index (χ0) is 15.2. The molecule has 0 fully saturated rings. The van der Waals surface area contributed by atoms with Crippen molar-refractivity contribution in [1.82, 2.24) is 0 Å². The summed E-state index contributed by atoms with van der Waals surface area (Å²) in [4.78, 5) is 0. The predicted molar refractivity (Wildman–Crippen MR) is 90.6 cm³/mol. The van der Waals surface area contributed by atoms with Crippen LogP contribution in [0.25, 0.3) is 0 Å². The van der Waals surface area contributed by atoms with Crippen LogP contribution in [0.1, 0.15) is 12.5 Å². The average molecular weight is 371 g/mol. The van der Waals surface area contributed by atoms with E-state index in [4.69, 9.17) is 21.1 Å². The van der Waals surface area contributed by atoms with E-state index in [1.54, 1.807) is 7.11 Å². The minimum absolute atomic E-state index is 0.609. The summed E-state index contributed by atoms with van der Waals surface area (Å²) in [6.45, 7) is 3.26. The SMILES string of the molecule is CCOc1cc(CNc2ccc(Cl)c(Br)c2)ccc1OC. The zero-order valence-corrected chi connectivity index (χ0v) is 14.3. The van der Waals surface area contributed by atoms with Gasteiger partial charge in [-0.05, 0) is 58.7 Å². The van der Waals surface area contributed by atoms with Gasteiger partial charge in [-0.25, -0.2) is 0 Å². The van der Waals surface area contributed by atoms with Crippen molar-refractivity contribution >= 4 is 33.2 Å². The van der Waals surface area contributed by atoms with Gasteiger partial charge in [0.1, 0.15) is 0 Å². The minimum atomic E-state index is 0.609. The van der Waals surface area contributed by atoms with E-state index < -0.39 is 0 Å². The highest BCUT2D eigenvalue weighted by Gasteiger charge is 2.05. The zero-order valence-electron chi connectivity index (χ0n) is 12.0. The summed E-state index contributed by atoms with van der Waals surface area (Å²) in [6.07, 6.45) is 0. The molecule has 0 spiro atoms. The number of hydrogen-bond donors (Lipinski definition) is 1. The third kappa shape index (κ3) is 4.29. The lowest BCUT2D eigenvalue weighted by atomic mass is 10.2. The summed E-state index contributed by atoms with van der Waals surface area (Å²) < 4.78 is 11.7. The molecule has 21 heavy (non-hydrogen) atoms. The third-order valence-electron chi connectivity index (χ3n) is 2.94. The molecule has 5 heteroatoms. The number of halogens is 2. The van der Waals surface area contributed by atoms with Crippen LogP contribution in [0, 0.1) is 0 Å². The summed E-state index contributed by atoms with van der Waals surface area (Å²) in [5, 5.41) is 4.05. The van der Waals surface area contributed by atoms with Crippen LogP contribution in [0.3, 0.4) is 0 Å². The number of methoxy groups -OCH3 is 1. The first kappa shape index (κ1) is 16.0. The van der Waals surface area contributed by atoms with Gasteiger partial charge in [-0.2, -0.15) is 0 Å². The van der Waals surface area contributed by atoms with E-state index in [-0.39, 0.29) is 0 Å². The number of rotatable bonds is 6. The second-order valence-electron chi connectivity index (χ2n) is 4.40. The molecule has 2 rings (SSSR count). The van der Waals surface area contributed by atoms with Gasteiger partial charge in [0.25, 0.3) is 0 Å². The highest BCUT2D eigenvalue weighted by atomic mass is 79.9. The van der Waals surface area contributed by atoms with Crippen LogP contribution in [0.15, 0.2) is 40.9 Å². The topological polar surface area (TPSA) is 30.5 Å². The number of anilines is 1. The molecule has 0 bridgehead atoms. The second-order valence-corrected chi connectivity index (χ2v) is 5.66. The molecule has 0 aromatic heterocycles. The predicted octanol–water partition coefficient (Wildman–Crippen LogP) is 5.12. The van der Waals surface area contributed by atoms with Gasteiger partial charge >= 0.3 is 0 Å². The molecular formula is C16H17BrClNO2. The van der Waals surface area contributed by atoms with E-state index in [1.165, 1.54) is 0 Å². The molecule has 0 aliphatic carbocycles. The van der Waals surface area contributed by atoms with Crippen molar-refractivity contribution in [1.29, 1.82) is 0 Å². The standard InChI is InChI=1S/C16H17BrClNO2/c1-3-21-16-8-11(4-7-15(16)20-2)10-19-12-5-6-14(18)13(17)9-12/h4-9,19H,3,10H2,1-2H3. The molecule has 1 N–H and O–H groups in total. The molecule has 0 atom stereocenters. The van der Waals surface area contributed by atoms with Gasteiger partial charge in [0.15, 0.2) is 11.5 Å². The van der Waals surface area contributed by atoms with Crippen molar-refractivity contribution < 1.29 is 9.47 Å². The fraction of sp³-hybridized carbons (Fsp3) is 0.250. The van der Waals surface area contributed by atoms with Crippen molar-refractivity contribution in [2.45, 2.75) is 13.5 Å². The van der Waals surface area contributed by atoms with E-state index >= 15 is 0 Å². The molecule has 0 amide bonds. The van der Waals surface area contributed by atoms with Crippen LogP contribution < -0.4 is 14.8 Å². The van der Waals surface area contributed by atoms with Crippen LogP contribution in [-0.2, 0) is 6.54 Å². The van der Waals surface area contributed by atoms with Gasteiger partial charge < -0.3 is 14.8 Å². The van der Waals surface area contributed by atoms with E-state index in [0.29, 0.717) is 18.2 Å². The van der Waals surface area contributed by atoms with E-state index in [0.717, 1.165) is 27.2 Å². The minimum Gasteiger partial charge on any atom is -0.493 e. The molecular weight excluding hydrogens is 354 g/mol. The molecule has 0 saturated carbocycles. The van der Waals surface area contributed by atoms with Crippen molar-refractivity contribution in [2.75, 3.05) is 19.0 Å². The monoisotopic (exact) mass is 369 g/mol. The Morgan fingerprint density at radius 2 is 1.95 bits per heavy atom. The lowest BCUT2D eigenvalue weighted by molar-refractivity contribution is 0.310. The van der Waals surface area contributed by atoms with Gasteiger partial charge in [-0.3, -0.25) is 0 Å². The van der Waals surface area contributed by atoms with Crippen molar-refractivity contribution in [2.24, 2.45) is 0 Å². The first-order chi connectivity index (χ1) is 10.1. The number of hydrogen-bond acceptors (Lipinski definition) is 3. The Morgan fingerprint density at radius 3 is 2.62 bits per heavy atom. The Hall–Kier alpha value is -1.39. The number of benzene rings is 2. The molecule has 2 aromatic carbocycles. The van der Waals surface area contributed by atoms with E-state index in [1.807, 2.05) is 43.3 Å². The van der Waals surface area contributed by atoms with Gasteiger partial charge in [-0.1, -0.05) is 17.7 Å². The van der Waals surface area contributed by atoms with Crippen molar-refractivity contribution in [3.05, 3.63) is 51.5 Å². The Labute approximate surface area is 138 Å². The summed E-state index contributed by atoms with van der Waals surface area (Å²) >= 11 is 9.40. The molecule has 2 aromatic rings. The number of ether oxygens (including phenoxy) is 2. The average Bonchev–Trinajstić information content (AvgIpc) is 2.49. The Balaban J connectivity index is 2.08. The van der Waals surface area contributed by atoms with Gasteiger partial charge in [-0.15, -0.1) is 0 Å². The van der Waals surface area contributed by atoms with Crippen molar-refractivity contribution in [3.63, 3.8) is 0 Å². The molecule has 112 valence electrons. The summed E-state index contributed by atoms with van der Waals surface area (Å²) in [5.41, 5.74) is 2.12. The van der Waals surface area contributed by atoms with Crippen molar-refractivity contribution in [3.8, 4) is 11.5 Å². The fourth-order valence-electron chi connectivity index (χ4n) is 1.91. The maximum atomic E-state index is 5.98. The molecule has 0 aliphatic rings. The van der Waals surface area contributed by atoms with Gasteiger partial charge in [0, 0.05) is 16.7 Å². The summed E-state index contributed by atoms with van der Waals surface area (Å²) in [5.74, 6) is 1.51. The number of nitrogens with one attached hydrogen (secondary N) is 1. The first-order valence-electron chi connectivity index (χ1n) is 6.62. The maximum absolute atomic E-state index is 5.98. The van der Waals surface area contributed by atoms with Gasteiger partial charge in [0.2, 0.25) is 0 Å². The lowest BCUT2D eigenvalue weighted by Crippen LogP contribution is -2.01. The molecule has 0 heterocycles. The van der Waals surface area contributed by atoms with Crippen LogP contribution in [0.5, 0.6) is 11.5 Å². The van der Waals surface area contributed by atoms with E-state index in [9.17, 15) is 0 Å². The molecule has 0 unspecified atom stereocenters. The summed E-state index contributed by atoms with van der Waals surface area (Å²) in [7, 11) is 1.64. The molecule has 0 aliphatic heterocycles. The summed E-state index contributed by atoms with van der Waals surface area (Å²) in [6, 6.07) is 11.7. The Kier molecular flexibility index (Phi) is 5.76. The lowest BCUT2D eigenvalue weighted by Gasteiger charge is -2.12. The smallest absolute Gasteiger partial charge is 0.161 e. The quantitative estimate of drug-likeness (QED) is 0.765. The molecule has 0 radical (unpaired) electrons. The van der Waals surface area contributed by atoms with Crippen LogP contribution in [0.4, 0.5) is 5.69 Å². The fourth-order valence-corrected chi connectivity index (χ4v) is 2.41. The second kappa shape index (κ2) is 7.57. The first-order valence-corrected chi connectivity index (χ1v) is 7.79. The Bertz CT molecular complexity index is 619.